The third kappa shape index (κ3) is 7.32. The minimum absolute atomic E-state index is 0.315. The van der Waals surface area contributed by atoms with Crippen LogP contribution in [0, 0.1) is 0 Å². The average Bonchev–Trinajstić information content (AvgIpc) is 3.02. The topological polar surface area (TPSA) is 112 Å². The summed E-state index contributed by atoms with van der Waals surface area (Å²) in [6.45, 7) is 6.76. The lowest BCUT2D eigenvalue weighted by Gasteiger charge is -2.40. The largest absolute Gasteiger partial charge is 0.378 e. The molecule has 6 rings (SSSR count). The number of piperazine rings is 1. The number of pyridine rings is 1. The van der Waals surface area contributed by atoms with Gasteiger partial charge in [0.1, 0.15) is 0 Å². The normalized spacial score (nSPS) is 19.1. The van der Waals surface area contributed by atoms with Crippen molar-refractivity contribution in [1.82, 2.24) is 24.8 Å². The van der Waals surface area contributed by atoms with Crippen LogP contribution in [0.25, 0.3) is 11.4 Å². The van der Waals surface area contributed by atoms with E-state index in [2.05, 4.69) is 30.3 Å². The van der Waals surface area contributed by atoms with Crippen molar-refractivity contribution in [2.75, 3.05) is 72.9 Å². The maximum atomic E-state index is 12.4. The Hall–Kier alpha value is -3.83. The second-order valence-electron chi connectivity index (χ2n) is 11.3. The maximum Gasteiger partial charge on any atom is 0.323 e. The zero-order valence-electron chi connectivity index (χ0n) is 24.2. The zero-order chi connectivity index (χ0) is 28.6. The monoisotopic (exact) mass is 571 g/mol. The van der Waals surface area contributed by atoms with Crippen molar-refractivity contribution in [1.29, 1.82) is 0 Å². The Morgan fingerprint density at radius 3 is 1.90 bits per heavy atom. The summed E-state index contributed by atoms with van der Waals surface area (Å²) in [5, 5.41) is 5.68. The van der Waals surface area contributed by atoms with Gasteiger partial charge in [0, 0.05) is 74.6 Å². The van der Waals surface area contributed by atoms with Crippen LogP contribution in [-0.2, 0) is 4.74 Å². The highest BCUT2D eigenvalue weighted by Crippen LogP contribution is 2.26. The van der Waals surface area contributed by atoms with Crippen LogP contribution in [0.15, 0.2) is 48.8 Å². The molecule has 2 aliphatic heterocycles. The van der Waals surface area contributed by atoms with E-state index in [9.17, 15) is 4.79 Å². The molecule has 2 aromatic heterocycles. The van der Waals surface area contributed by atoms with Crippen LogP contribution in [0.3, 0.4) is 0 Å². The number of benzene rings is 1. The highest BCUT2D eigenvalue weighted by Gasteiger charge is 2.27. The van der Waals surface area contributed by atoms with Gasteiger partial charge in [0.05, 0.1) is 13.2 Å². The Bertz CT molecular complexity index is 1290. The van der Waals surface area contributed by atoms with E-state index in [4.69, 9.17) is 19.7 Å². The fourth-order valence-electron chi connectivity index (χ4n) is 6.05. The number of hydrogen-bond donors (Lipinski definition) is 2. The van der Waals surface area contributed by atoms with Crippen LogP contribution < -0.4 is 20.4 Å². The maximum absolute atomic E-state index is 12.4. The second kappa shape index (κ2) is 13.9. The number of carbonyl (C=O) groups is 1. The van der Waals surface area contributed by atoms with Crippen LogP contribution in [0.5, 0.6) is 0 Å². The third-order valence-corrected chi connectivity index (χ3v) is 8.43. The summed E-state index contributed by atoms with van der Waals surface area (Å²) in [7, 11) is 0. The van der Waals surface area contributed by atoms with Gasteiger partial charge in [0.15, 0.2) is 5.82 Å². The van der Waals surface area contributed by atoms with Crippen molar-refractivity contribution in [2.45, 2.75) is 51.0 Å². The predicted molar refractivity (Wildman–Crippen MR) is 165 cm³/mol. The third-order valence-electron chi connectivity index (χ3n) is 8.43. The Labute approximate surface area is 247 Å². The SMILES string of the molecule is O=C(Nc1ccncc1)Nc1ccc(-c2nc(N3CCOCC3)nc(N3CCN(C4CCCCCCC4)CC3)n2)cc1. The lowest BCUT2D eigenvalue weighted by Crippen LogP contribution is -2.51. The zero-order valence-corrected chi connectivity index (χ0v) is 24.2. The van der Waals surface area contributed by atoms with Gasteiger partial charge in [-0.3, -0.25) is 9.88 Å². The number of carbonyl (C=O) groups excluding carboxylic acids is 1. The molecule has 11 nitrogen and oxygen atoms in total. The predicted octanol–water partition coefficient (Wildman–Crippen LogP) is 4.65. The Kier molecular flexibility index (Phi) is 9.36. The van der Waals surface area contributed by atoms with Crippen LogP contribution in [0.4, 0.5) is 28.1 Å². The molecule has 1 aromatic carbocycles. The van der Waals surface area contributed by atoms with Crippen LogP contribution >= 0.6 is 0 Å². The van der Waals surface area contributed by atoms with E-state index >= 15 is 0 Å². The van der Waals surface area contributed by atoms with Crippen LogP contribution in [0.2, 0.25) is 0 Å². The van der Waals surface area contributed by atoms with Crippen LogP contribution in [-0.4, -0.2) is 89.4 Å². The van der Waals surface area contributed by atoms with E-state index in [1.54, 1.807) is 24.5 Å². The summed E-state index contributed by atoms with van der Waals surface area (Å²) in [6, 6.07) is 11.5. The molecule has 2 saturated heterocycles. The van der Waals surface area contributed by atoms with E-state index in [1.165, 1.54) is 44.9 Å². The van der Waals surface area contributed by atoms with Gasteiger partial charge in [0.25, 0.3) is 0 Å². The molecule has 0 bridgehead atoms. The highest BCUT2D eigenvalue weighted by atomic mass is 16.5. The molecule has 0 spiro atoms. The standard InChI is InChI=1S/C31H41N9O2/c41-31(34-26-12-14-32-15-13-26)33-25-10-8-24(9-11-25)28-35-29(37-30(36-28)40-20-22-42-23-21-40)39-18-16-38(17-19-39)27-6-4-2-1-3-5-7-27/h8-15,27H,1-7,16-23H2,(H2,32,33,34,41). The number of morpholine rings is 1. The van der Waals surface area contributed by atoms with Crippen molar-refractivity contribution < 1.29 is 9.53 Å². The van der Waals surface area contributed by atoms with Gasteiger partial charge in [-0.05, 0) is 49.2 Å². The molecule has 1 aliphatic carbocycles. The molecular weight excluding hydrogens is 530 g/mol. The van der Waals surface area contributed by atoms with E-state index in [-0.39, 0.29) is 6.03 Å². The number of urea groups is 1. The fourth-order valence-corrected chi connectivity index (χ4v) is 6.05. The minimum Gasteiger partial charge on any atom is -0.378 e. The molecule has 0 radical (unpaired) electrons. The first kappa shape index (κ1) is 28.3. The number of aromatic nitrogens is 4. The van der Waals surface area contributed by atoms with Gasteiger partial charge >= 0.3 is 6.03 Å². The first-order valence-electron chi connectivity index (χ1n) is 15.4. The number of nitrogens with zero attached hydrogens (tertiary/aromatic N) is 7. The summed E-state index contributed by atoms with van der Waals surface area (Å²) in [5.74, 6) is 2.06. The van der Waals surface area contributed by atoms with Gasteiger partial charge in [-0.2, -0.15) is 15.0 Å². The summed E-state index contributed by atoms with van der Waals surface area (Å²) < 4.78 is 5.58. The number of anilines is 4. The summed E-state index contributed by atoms with van der Waals surface area (Å²) in [6.07, 6.45) is 12.8. The van der Waals surface area contributed by atoms with Crippen LogP contribution in [0.1, 0.15) is 44.9 Å². The Morgan fingerprint density at radius 2 is 1.26 bits per heavy atom. The molecular formula is C31H41N9O2. The molecule has 0 atom stereocenters. The van der Waals surface area contributed by atoms with E-state index in [0.29, 0.717) is 42.4 Å². The number of ether oxygens (including phenoxy) is 1. The molecule has 4 heterocycles. The van der Waals surface area contributed by atoms with Crippen molar-refractivity contribution in [3.05, 3.63) is 48.8 Å². The molecule has 3 aromatic rings. The van der Waals surface area contributed by atoms with Crippen molar-refractivity contribution in [3.63, 3.8) is 0 Å². The average molecular weight is 572 g/mol. The molecule has 1 saturated carbocycles. The quantitative estimate of drug-likeness (QED) is 0.437. The number of nitrogens with one attached hydrogen (secondary N) is 2. The molecule has 3 fully saturated rings. The van der Waals surface area contributed by atoms with Gasteiger partial charge < -0.3 is 25.2 Å². The molecule has 3 aliphatic rings. The first-order valence-corrected chi connectivity index (χ1v) is 15.4. The molecule has 42 heavy (non-hydrogen) atoms. The number of rotatable bonds is 6. The molecule has 0 unspecified atom stereocenters. The Morgan fingerprint density at radius 1 is 0.690 bits per heavy atom. The fraction of sp³-hybridized carbons (Fsp3) is 0.516. The van der Waals surface area contributed by atoms with Gasteiger partial charge in [-0.25, -0.2) is 4.79 Å². The molecule has 2 amide bonds. The second-order valence-corrected chi connectivity index (χ2v) is 11.3. The summed E-state index contributed by atoms with van der Waals surface area (Å²) in [4.78, 5) is 38.4. The lowest BCUT2D eigenvalue weighted by molar-refractivity contribution is 0.122. The first-order chi connectivity index (χ1) is 20.7. The minimum atomic E-state index is -0.315. The van der Waals surface area contributed by atoms with Gasteiger partial charge in [-0.15, -0.1) is 0 Å². The van der Waals surface area contributed by atoms with Crippen molar-refractivity contribution in [3.8, 4) is 11.4 Å². The van der Waals surface area contributed by atoms with E-state index in [1.807, 2.05) is 24.3 Å². The van der Waals surface area contributed by atoms with Gasteiger partial charge in [0.2, 0.25) is 11.9 Å². The molecule has 222 valence electrons. The summed E-state index contributed by atoms with van der Waals surface area (Å²) >= 11 is 0. The molecule has 2 N–H and O–H groups in total. The van der Waals surface area contributed by atoms with E-state index in [0.717, 1.165) is 50.8 Å². The Balaban J connectivity index is 1.16. The smallest absolute Gasteiger partial charge is 0.323 e. The van der Waals surface area contributed by atoms with Gasteiger partial charge in [-0.1, -0.05) is 32.1 Å². The summed E-state index contributed by atoms with van der Waals surface area (Å²) in [5.41, 5.74) is 2.23. The number of amides is 2. The molecule has 11 heteroatoms. The number of hydrogen-bond acceptors (Lipinski definition) is 9. The van der Waals surface area contributed by atoms with Crippen molar-refractivity contribution in [2.24, 2.45) is 0 Å². The van der Waals surface area contributed by atoms with Crippen molar-refractivity contribution >= 4 is 29.3 Å². The lowest BCUT2D eigenvalue weighted by atomic mass is 9.95. The highest BCUT2D eigenvalue weighted by molar-refractivity contribution is 5.99. The van der Waals surface area contributed by atoms with E-state index < -0.39 is 0 Å².